The molecule has 1 amide bonds. The molecule has 0 saturated carbocycles. The summed E-state index contributed by atoms with van der Waals surface area (Å²) in [6.07, 6.45) is -3.64. The van der Waals surface area contributed by atoms with Crippen LogP contribution in [-0.4, -0.2) is 47.0 Å². The fourth-order valence-corrected chi connectivity index (χ4v) is 1.22. The normalized spacial score (nSPS) is 13.7. The first-order valence-electron chi connectivity index (χ1n) is 4.04. The smallest absolute Gasteiger partial charge is 0.489 e. The van der Waals surface area contributed by atoms with Crippen LogP contribution in [0.3, 0.4) is 0 Å². The molecular formula is C7H12F3NO3S. The van der Waals surface area contributed by atoms with E-state index in [1.54, 1.807) is 0 Å². The lowest BCUT2D eigenvalue weighted by Gasteiger charge is -2.24. The predicted molar refractivity (Wildman–Crippen MR) is 48.3 cm³/mol. The standard InChI is InChI=1S/C7H12F3NO3S/c1-3-14-5-11(7(8,9)10)6(12)4-15(2)13/h3-5H2,1-2H3. The van der Waals surface area contributed by atoms with Crippen molar-refractivity contribution in [1.29, 1.82) is 0 Å². The second-order valence-electron chi connectivity index (χ2n) is 2.63. The molecule has 0 spiro atoms. The molecule has 0 aliphatic rings. The minimum atomic E-state index is -4.80. The summed E-state index contributed by atoms with van der Waals surface area (Å²) in [4.78, 5) is 10.6. The van der Waals surface area contributed by atoms with Crippen molar-refractivity contribution in [3.63, 3.8) is 0 Å². The molecule has 1 unspecified atom stereocenters. The van der Waals surface area contributed by atoms with Gasteiger partial charge in [0, 0.05) is 6.61 Å². The van der Waals surface area contributed by atoms with E-state index in [-0.39, 0.29) is 6.61 Å². The van der Waals surface area contributed by atoms with Crippen molar-refractivity contribution in [2.75, 3.05) is 25.3 Å². The van der Waals surface area contributed by atoms with Crippen LogP contribution in [0, 0.1) is 0 Å². The van der Waals surface area contributed by atoms with E-state index in [1.165, 1.54) is 6.92 Å². The molecule has 0 aromatic heterocycles. The highest BCUT2D eigenvalue weighted by Crippen LogP contribution is 2.21. The average molecular weight is 247 g/mol. The Morgan fingerprint density at radius 1 is 1.53 bits per heavy atom. The van der Waals surface area contributed by atoms with E-state index < -0.39 is 40.8 Å². The molecule has 0 aliphatic carbocycles. The van der Waals surface area contributed by atoms with Crippen molar-refractivity contribution in [1.82, 2.24) is 4.90 Å². The topological polar surface area (TPSA) is 52.6 Å². The molecule has 0 aliphatic heterocycles. The SMILES string of the molecule is CCOCN(C(=O)C[S+](C)[O-])C(F)(F)F. The molecule has 0 saturated heterocycles. The first-order chi connectivity index (χ1) is 6.79. The van der Waals surface area contributed by atoms with Gasteiger partial charge in [0.25, 0.3) is 5.91 Å². The Bertz CT molecular complexity index is 210. The third-order valence-corrected chi connectivity index (χ3v) is 2.01. The van der Waals surface area contributed by atoms with Gasteiger partial charge >= 0.3 is 6.30 Å². The largest absolute Gasteiger partial charge is 0.616 e. The first-order valence-corrected chi connectivity index (χ1v) is 5.76. The van der Waals surface area contributed by atoms with E-state index in [4.69, 9.17) is 0 Å². The molecule has 15 heavy (non-hydrogen) atoms. The zero-order chi connectivity index (χ0) is 12.1. The lowest BCUT2D eigenvalue weighted by Crippen LogP contribution is -2.46. The van der Waals surface area contributed by atoms with Crippen LogP contribution in [0.5, 0.6) is 0 Å². The van der Waals surface area contributed by atoms with Gasteiger partial charge in [-0.2, -0.15) is 0 Å². The van der Waals surface area contributed by atoms with E-state index in [2.05, 4.69) is 4.74 Å². The molecule has 0 aromatic carbocycles. The van der Waals surface area contributed by atoms with Crippen LogP contribution < -0.4 is 0 Å². The summed E-state index contributed by atoms with van der Waals surface area (Å²) < 4.78 is 51.9. The number of alkyl halides is 3. The molecule has 0 bridgehead atoms. The Kier molecular flexibility index (Phi) is 5.99. The molecule has 1 atom stereocenters. The van der Waals surface area contributed by atoms with Gasteiger partial charge in [-0.05, 0) is 18.1 Å². The van der Waals surface area contributed by atoms with E-state index in [0.29, 0.717) is 0 Å². The zero-order valence-electron chi connectivity index (χ0n) is 8.34. The van der Waals surface area contributed by atoms with Crippen LogP contribution in [0.1, 0.15) is 6.92 Å². The number of amides is 1. The van der Waals surface area contributed by atoms with Gasteiger partial charge < -0.3 is 9.29 Å². The van der Waals surface area contributed by atoms with Crippen LogP contribution >= 0.6 is 0 Å². The maximum atomic E-state index is 12.3. The highest BCUT2D eigenvalue weighted by molar-refractivity contribution is 7.91. The van der Waals surface area contributed by atoms with Crippen molar-refractivity contribution in [2.24, 2.45) is 0 Å². The van der Waals surface area contributed by atoms with Gasteiger partial charge in [0.1, 0.15) is 6.73 Å². The van der Waals surface area contributed by atoms with Crippen molar-refractivity contribution < 1.29 is 27.3 Å². The second-order valence-corrected chi connectivity index (χ2v) is 4.06. The van der Waals surface area contributed by atoms with Crippen LogP contribution in [0.2, 0.25) is 0 Å². The summed E-state index contributed by atoms with van der Waals surface area (Å²) in [5, 5.41) is 0. The molecule has 0 heterocycles. The van der Waals surface area contributed by atoms with Crippen molar-refractivity contribution in [2.45, 2.75) is 13.2 Å². The quantitative estimate of drug-likeness (QED) is 0.408. The number of ether oxygens (including phenoxy) is 1. The maximum absolute atomic E-state index is 12.3. The van der Waals surface area contributed by atoms with Gasteiger partial charge in [-0.15, -0.1) is 13.2 Å². The van der Waals surface area contributed by atoms with E-state index >= 15 is 0 Å². The summed E-state index contributed by atoms with van der Waals surface area (Å²) in [7, 11) is 0. The Hall–Kier alpha value is -0.470. The fraction of sp³-hybridized carbons (Fsp3) is 0.857. The van der Waals surface area contributed by atoms with Crippen LogP contribution in [0.25, 0.3) is 0 Å². The molecule has 0 fully saturated rings. The number of carbonyl (C=O) groups is 1. The van der Waals surface area contributed by atoms with Gasteiger partial charge in [0.2, 0.25) is 0 Å². The van der Waals surface area contributed by atoms with Gasteiger partial charge in [-0.3, -0.25) is 4.79 Å². The summed E-state index contributed by atoms with van der Waals surface area (Å²) in [5.41, 5.74) is 0. The highest BCUT2D eigenvalue weighted by atomic mass is 32.2. The number of rotatable bonds is 5. The van der Waals surface area contributed by atoms with Gasteiger partial charge in [-0.1, -0.05) is 0 Å². The zero-order valence-corrected chi connectivity index (χ0v) is 9.15. The Labute approximate surface area is 88.6 Å². The maximum Gasteiger partial charge on any atom is 0.489 e. The van der Waals surface area contributed by atoms with Gasteiger partial charge in [0.05, 0.1) is 6.26 Å². The van der Waals surface area contributed by atoms with E-state index in [9.17, 15) is 22.5 Å². The molecule has 0 aromatic rings. The minimum absolute atomic E-state index is 0.0646. The van der Waals surface area contributed by atoms with Crippen molar-refractivity contribution >= 4 is 17.1 Å². The fourth-order valence-electron chi connectivity index (χ4n) is 0.721. The van der Waals surface area contributed by atoms with Gasteiger partial charge in [-0.25, -0.2) is 4.90 Å². The minimum Gasteiger partial charge on any atom is -0.616 e. The van der Waals surface area contributed by atoms with E-state index in [0.717, 1.165) is 6.26 Å². The van der Waals surface area contributed by atoms with Crippen molar-refractivity contribution in [3.8, 4) is 0 Å². The molecular weight excluding hydrogens is 235 g/mol. The predicted octanol–water partition coefficient (Wildman–Crippen LogP) is 0.707. The van der Waals surface area contributed by atoms with Crippen LogP contribution in [0.15, 0.2) is 0 Å². The Morgan fingerprint density at radius 2 is 2.07 bits per heavy atom. The first kappa shape index (κ1) is 14.5. The third-order valence-electron chi connectivity index (χ3n) is 1.36. The lowest BCUT2D eigenvalue weighted by molar-refractivity contribution is -0.257. The molecule has 0 radical (unpaired) electrons. The monoisotopic (exact) mass is 247 g/mol. The summed E-state index contributed by atoms with van der Waals surface area (Å²) in [5.74, 6) is -1.91. The Balaban J connectivity index is 4.42. The van der Waals surface area contributed by atoms with Crippen molar-refractivity contribution in [3.05, 3.63) is 0 Å². The highest BCUT2D eigenvalue weighted by Gasteiger charge is 2.41. The lowest BCUT2D eigenvalue weighted by atomic mass is 10.6. The number of carbonyl (C=O) groups excluding carboxylic acids is 1. The van der Waals surface area contributed by atoms with Crippen LogP contribution in [-0.2, 0) is 20.7 Å². The average Bonchev–Trinajstić information content (AvgIpc) is 2.00. The number of halogens is 3. The Morgan fingerprint density at radius 3 is 2.40 bits per heavy atom. The van der Waals surface area contributed by atoms with E-state index in [1.807, 2.05) is 0 Å². The molecule has 4 nitrogen and oxygen atoms in total. The molecule has 90 valence electrons. The third kappa shape index (κ3) is 5.85. The molecule has 8 heteroatoms. The summed E-state index contributed by atoms with van der Waals surface area (Å²) in [6.45, 7) is 0.710. The number of hydrogen-bond acceptors (Lipinski definition) is 3. The van der Waals surface area contributed by atoms with Crippen LogP contribution in [0.4, 0.5) is 13.2 Å². The number of nitrogens with zero attached hydrogens (tertiary/aromatic N) is 1. The molecule has 0 N–H and O–H groups in total. The molecule has 0 rings (SSSR count). The second kappa shape index (κ2) is 6.19. The number of hydrogen-bond donors (Lipinski definition) is 0. The summed E-state index contributed by atoms with van der Waals surface area (Å²) >= 11 is -1.60. The van der Waals surface area contributed by atoms with Gasteiger partial charge in [0.15, 0.2) is 5.75 Å². The summed E-state index contributed by atoms with van der Waals surface area (Å²) in [6, 6.07) is 0.